The van der Waals surface area contributed by atoms with Crippen molar-refractivity contribution in [2.24, 2.45) is 0 Å². The topological polar surface area (TPSA) is 384 Å². The van der Waals surface area contributed by atoms with E-state index in [2.05, 4.69) is 39.0 Å². The molecule has 474 valence electrons. The molecular weight excluding hydrogens is 1290 g/mol. The number of nitro benzene ring substituents is 1. The number of ether oxygens (including phenoxy) is 5. The molecule has 5 aromatic rings. The number of rotatable bonds is 19. The summed E-state index contributed by atoms with van der Waals surface area (Å²) in [7, 11) is -5.51. The number of anilines is 1. The second-order valence-electron chi connectivity index (χ2n) is 16.5. The van der Waals surface area contributed by atoms with E-state index in [1.165, 1.54) is 58.4 Å². The lowest BCUT2D eigenvalue weighted by molar-refractivity contribution is -0.385. The fraction of sp³-hybridized carbons (Fsp3) is 0.333. The number of alkyl halides is 6. The molecule has 1 aromatic heterocycles. The first-order valence-electron chi connectivity index (χ1n) is 23.3. The van der Waals surface area contributed by atoms with E-state index < -0.39 is 118 Å². The minimum atomic E-state index is -4.61. The van der Waals surface area contributed by atoms with Gasteiger partial charge in [0.25, 0.3) is 15.7 Å². The number of carbonyl (C=O) groups excluding carboxylic acids is 3. The van der Waals surface area contributed by atoms with Crippen molar-refractivity contribution < 1.29 is 112 Å². The van der Waals surface area contributed by atoms with Crippen LogP contribution in [0.25, 0.3) is 0 Å². The van der Waals surface area contributed by atoms with Crippen LogP contribution < -0.4 is 34.5 Å². The number of carbonyl (C=O) groups is 5. The SMILES string of the molecule is CCOC(=O)C(C)OC(=O)c1cc(Oc2ccc(C(F)(F)F)cc2Cl)ccc1[N+](=O)[O-].COc1c(Cl)ccc(Cl)c1C(=O)O.COc1nc(C)nc(NC(=O)NS(=O)(=O)c2ccccc2CCC(F)(F)F)n1.C[S+](C)C.O=C(O)CNCP(=O)([O-])O. The molecule has 0 saturated carbocycles. The Hall–Kier alpha value is -7.30. The quantitative estimate of drug-likeness (QED) is 0.0112. The van der Waals surface area contributed by atoms with Crippen molar-refractivity contribution in [1.82, 2.24) is 25.0 Å². The Morgan fingerprint density at radius 1 is 0.872 bits per heavy atom. The molecule has 2 unspecified atom stereocenters. The van der Waals surface area contributed by atoms with Crippen LogP contribution in [0.3, 0.4) is 0 Å². The number of carboxylic acids is 2. The van der Waals surface area contributed by atoms with Crippen LogP contribution in [0.4, 0.5) is 42.8 Å². The number of nitro groups is 1. The van der Waals surface area contributed by atoms with Crippen LogP contribution in [0.1, 0.15) is 57.9 Å². The molecule has 4 aromatic carbocycles. The van der Waals surface area contributed by atoms with E-state index in [0.717, 1.165) is 36.4 Å². The normalized spacial score (nSPS) is 12.0. The third-order valence-electron chi connectivity index (χ3n) is 9.14. The van der Waals surface area contributed by atoms with E-state index in [9.17, 15) is 78.3 Å². The van der Waals surface area contributed by atoms with Crippen molar-refractivity contribution >= 4 is 105 Å². The molecule has 0 aliphatic carbocycles. The zero-order valence-corrected chi connectivity index (χ0v) is 50.7. The molecule has 26 nitrogen and oxygen atoms in total. The van der Waals surface area contributed by atoms with E-state index in [1.54, 1.807) is 11.6 Å². The fourth-order valence-corrected chi connectivity index (χ4v) is 7.97. The Balaban J connectivity index is 0.000000608. The number of urea groups is 1. The lowest BCUT2D eigenvalue weighted by atomic mass is 10.1. The summed E-state index contributed by atoms with van der Waals surface area (Å²) in [5.41, 5.74) is -2.35. The van der Waals surface area contributed by atoms with Crippen molar-refractivity contribution in [2.75, 3.05) is 57.7 Å². The largest absolute Gasteiger partial charge is 0.778 e. The Morgan fingerprint density at radius 2 is 1.48 bits per heavy atom. The van der Waals surface area contributed by atoms with Crippen molar-refractivity contribution in [1.29, 1.82) is 0 Å². The Labute approximate surface area is 503 Å². The molecule has 2 amide bonds. The number of hydrogen-bond donors (Lipinski definition) is 6. The Morgan fingerprint density at radius 3 is 1.98 bits per heavy atom. The summed E-state index contributed by atoms with van der Waals surface area (Å²) < 4.78 is 137. The standard InChI is InChI=1S/C19H15ClF3NO7.C15H16F3N5O4S.C8H6Cl2O3.C3H8NO5P.C3H9S/c1-3-29-17(25)10(2)30-18(26)13-9-12(5-6-15(13)24(27)28)31-16-7-4-11(8-14(16)20)19(21,22)23;1-9-19-12(22-14(20-9)27-2)21-13(24)23-28(25,26)11-6-4-3-5-10(11)7-8-15(16,17)18;1-13-7-5(10)3-2-4(9)6(7)8(11)12;5-3(6)1-4-2-10(7,8)9;1-4(2)3/h4-10H,3H2,1-2H3;3-6H,7-8H2,1-2H3,(H2,19,20,21,22,23,24);2-3H,1H3,(H,11,12);4H,1-2H2,(H,5,6)(H2,7,8,9);1-3H3/q;;;;+1/p-1. The van der Waals surface area contributed by atoms with Gasteiger partial charge in [-0.15, -0.1) is 0 Å². The number of aliphatic carboxylic acids is 1. The number of aryl methyl sites for hydroxylation is 2. The number of esters is 2. The number of hydrogen-bond acceptors (Lipinski definition) is 20. The van der Waals surface area contributed by atoms with Crippen molar-refractivity contribution in [3.8, 4) is 23.3 Å². The average molecular weight is 1350 g/mol. The van der Waals surface area contributed by atoms with Gasteiger partial charge in [-0.1, -0.05) is 53.0 Å². The van der Waals surface area contributed by atoms with E-state index >= 15 is 0 Å². The van der Waals surface area contributed by atoms with Crippen LogP contribution in [-0.2, 0) is 57.1 Å². The second kappa shape index (κ2) is 35.4. The Kier molecular flexibility index (Phi) is 31.5. The highest BCUT2D eigenvalue weighted by molar-refractivity contribution is 7.94. The van der Waals surface area contributed by atoms with Crippen LogP contribution >= 0.6 is 42.4 Å². The molecule has 0 aliphatic rings. The van der Waals surface area contributed by atoms with Crippen molar-refractivity contribution in [3.63, 3.8) is 0 Å². The number of aromatic carboxylic acids is 1. The smallest absolute Gasteiger partial charge is 0.416 e. The first-order chi connectivity index (χ1) is 39.7. The highest BCUT2D eigenvalue weighted by atomic mass is 35.5. The van der Waals surface area contributed by atoms with Crippen molar-refractivity contribution in [2.45, 2.75) is 57.0 Å². The molecule has 86 heavy (non-hydrogen) atoms. The van der Waals surface area contributed by atoms with Crippen LogP contribution in [0.2, 0.25) is 15.1 Å². The number of aromatic nitrogens is 3. The highest BCUT2D eigenvalue weighted by Gasteiger charge is 2.32. The van der Waals surface area contributed by atoms with E-state index in [1.807, 2.05) is 5.32 Å². The number of amides is 2. The van der Waals surface area contributed by atoms with E-state index in [4.69, 9.17) is 73.6 Å². The number of nitrogens with one attached hydrogen (secondary N) is 3. The number of benzene rings is 4. The molecule has 0 bridgehead atoms. The molecule has 0 radical (unpaired) electrons. The van der Waals surface area contributed by atoms with Crippen LogP contribution in [0.5, 0.6) is 23.3 Å². The van der Waals surface area contributed by atoms with Crippen LogP contribution in [0, 0.1) is 17.0 Å². The van der Waals surface area contributed by atoms with Crippen LogP contribution in [0.15, 0.2) is 77.7 Å². The zero-order chi connectivity index (χ0) is 66.1. The van der Waals surface area contributed by atoms with Gasteiger partial charge in [-0.3, -0.25) is 25.5 Å². The van der Waals surface area contributed by atoms with Gasteiger partial charge in [-0.2, -0.15) is 41.3 Å². The molecule has 0 fully saturated rings. The predicted molar refractivity (Wildman–Crippen MR) is 298 cm³/mol. The van der Waals surface area contributed by atoms with E-state index in [0.29, 0.717) is 17.0 Å². The molecular formula is C48H53Cl3F6N7O19PS2. The zero-order valence-electron chi connectivity index (χ0n) is 45.9. The number of nitrogens with zero attached hydrogens (tertiary/aromatic N) is 4. The minimum Gasteiger partial charge on any atom is -0.778 e. The molecule has 0 saturated heterocycles. The summed E-state index contributed by atoms with van der Waals surface area (Å²) in [6, 6.07) is 12.1. The second-order valence-corrected chi connectivity index (χ2v) is 23.5. The number of methoxy groups -OCH3 is 2. The molecule has 2 atom stereocenters. The monoisotopic (exact) mass is 1350 g/mol. The Bertz CT molecular complexity index is 3330. The van der Waals surface area contributed by atoms with Gasteiger partial charge < -0.3 is 48.2 Å². The molecule has 6 N–H and O–H groups in total. The summed E-state index contributed by atoms with van der Waals surface area (Å²) >= 11 is 17.2. The summed E-state index contributed by atoms with van der Waals surface area (Å²) in [4.78, 5) is 95.8. The van der Waals surface area contributed by atoms with Gasteiger partial charge in [0, 0.05) is 18.6 Å². The molecule has 1 heterocycles. The fourth-order valence-electron chi connectivity index (χ4n) is 5.71. The molecule has 0 spiro atoms. The van der Waals surface area contributed by atoms with E-state index in [-0.39, 0.29) is 67.8 Å². The third kappa shape index (κ3) is 28.7. The lowest BCUT2D eigenvalue weighted by Gasteiger charge is -2.14. The van der Waals surface area contributed by atoms with Gasteiger partial charge in [0.05, 0.1) is 82.9 Å². The molecule has 38 heteroatoms. The van der Waals surface area contributed by atoms with Gasteiger partial charge in [0.1, 0.15) is 36.0 Å². The van der Waals surface area contributed by atoms with Crippen LogP contribution in [-0.4, -0.2) is 138 Å². The average Bonchev–Trinajstić information content (AvgIpc) is 1.29. The number of halogens is 9. The summed E-state index contributed by atoms with van der Waals surface area (Å²) in [6.45, 7) is 3.83. The summed E-state index contributed by atoms with van der Waals surface area (Å²) in [6.07, 6.45) is -6.26. The van der Waals surface area contributed by atoms with Gasteiger partial charge in [-0.25, -0.2) is 32.3 Å². The highest BCUT2D eigenvalue weighted by Crippen LogP contribution is 2.38. The molecule has 0 aliphatic heterocycles. The predicted octanol–water partition coefficient (Wildman–Crippen LogP) is 8.72. The van der Waals surface area contributed by atoms with Crippen molar-refractivity contribution in [3.05, 3.63) is 126 Å². The first-order valence-corrected chi connectivity index (χ1v) is 30.1. The molecule has 5 rings (SSSR count). The minimum absolute atomic E-state index is 0.0398. The maximum atomic E-state index is 12.8. The number of carboxylic acid groups (broad SMARTS) is 2. The van der Waals surface area contributed by atoms with Gasteiger partial charge >= 0.3 is 48.3 Å². The number of sulfonamides is 1. The van der Waals surface area contributed by atoms with Gasteiger partial charge in [0.2, 0.25) is 5.95 Å². The van der Waals surface area contributed by atoms with Gasteiger partial charge in [0.15, 0.2) is 11.9 Å². The van der Waals surface area contributed by atoms with Gasteiger partial charge in [-0.05, 0) is 86.1 Å². The third-order valence-corrected chi connectivity index (χ3v) is 12.1. The maximum Gasteiger partial charge on any atom is 0.416 e. The maximum absolute atomic E-state index is 12.8. The summed E-state index contributed by atoms with van der Waals surface area (Å²) in [5, 5.41) is 32.1. The summed E-state index contributed by atoms with van der Waals surface area (Å²) in [5.74, 6) is -4.66. The first kappa shape index (κ1) is 76.7. The lowest BCUT2D eigenvalue weighted by Crippen LogP contribution is -2.35.